The third-order valence-electron chi connectivity index (χ3n) is 5.59. The van der Waals surface area contributed by atoms with E-state index >= 15 is 0 Å². The second-order valence-electron chi connectivity index (χ2n) is 7.56. The third kappa shape index (κ3) is 5.89. The highest BCUT2D eigenvalue weighted by Gasteiger charge is 2.43. The van der Waals surface area contributed by atoms with E-state index in [0.717, 1.165) is 38.8 Å². The quantitative estimate of drug-likeness (QED) is 0.438. The van der Waals surface area contributed by atoms with Crippen molar-refractivity contribution in [3.63, 3.8) is 0 Å². The minimum Gasteiger partial charge on any atom is -0.462 e. The summed E-state index contributed by atoms with van der Waals surface area (Å²) < 4.78 is 5.69. The van der Waals surface area contributed by atoms with Gasteiger partial charge in [0.25, 0.3) is 0 Å². The van der Waals surface area contributed by atoms with E-state index in [-0.39, 0.29) is 30.0 Å². The fourth-order valence-corrected chi connectivity index (χ4v) is 4.09. The molecule has 1 aliphatic carbocycles. The first kappa shape index (κ1) is 19.5. The maximum Gasteiger partial charge on any atom is 0.306 e. The summed E-state index contributed by atoms with van der Waals surface area (Å²) in [5, 5.41) is 10.5. The molecule has 4 atom stereocenters. The lowest BCUT2D eigenvalue weighted by molar-refractivity contribution is -0.151. The number of nitrogens with zero attached hydrogens (tertiary/aromatic N) is 1. The van der Waals surface area contributed by atoms with Crippen LogP contribution in [0, 0.1) is 11.8 Å². The monoisotopic (exact) mass is 337 g/mol. The lowest BCUT2D eigenvalue weighted by Crippen LogP contribution is -2.29. The van der Waals surface area contributed by atoms with Gasteiger partial charge >= 0.3 is 5.97 Å². The second kappa shape index (κ2) is 10.2. The summed E-state index contributed by atoms with van der Waals surface area (Å²) in [6.07, 6.45) is 12.5. The largest absolute Gasteiger partial charge is 0.462 e. The highest BCUT2D eigenvalue weighted by Crippen LogP contribution is 2.39. The van der Waals surface area contributed by atoms with Gasteiger partial charge in [0.1, 0.15) is 6.10 Å². The second-order valence-corrected chi connectivity index (χ2v) is 7.56. The molecule has 1 fully saturated rings. The van der Waals surface area contributed by atoms with E-state index in [1.807, 2.05) is 0 Å². The average Bonchev–Trinajstić information content (AvgIpc) is 2.84. The van der Waals surface area contributed by atoms with Gasteiger partial charge in [0.05, 0.1) is 6.10 Å². The Morgan fingerprint density at radius 3 is 2.92 bits per heavy atom. The van der Waals surface area contributed by atoms with Crippen molar-refractivity contribution in [1.82, 2.24) is 4.90 Å². The summed E-state index contributed by atoms with van der Waals surface area (Å²) in [7, 11) is 2.17. The first-order chi connectivity index (χ1) is 11.6. The number of carbonyl (C=O) groups excluding carboxylic acids is 1. The first-order valence-electron chi connectivity index (χ1n) is 9.83. The predicted octanol–water partition coefficient (Wildman–Crippen LogP) is 3.54. The van der Waals surface area contributed by atoms with Crippen molar-refractivity contribution in [2.75, 3.05) is 20.1 Å². The minimum absolute atomic E-state index is 0.0927. The van der Waals surface area contributed by atoms with Crippen LogP contribution in [0.25, 0.3) is 0 Å². The normalized spacial score (nSPS) is 32.4. The van der Waals surface area contributed by atoms with Gasteiger partial charge in [0.15, 0.2) is 0 Å². The molecule has 2 rings (SSSR count). The van der Waals surface area contributed by atoms with E-state index in [1.165, 1.54) is 19.3 Å². The number of hydrogen-bond donors (Lipinski definition) is 1. The SMILES string of the molecule is CCCCCN(C)CC[C@@H]1[C@H]2C/C=C\CCCC(=O)O[C@H]2C[C@H]1O. The molecule has 0 saturated heterocycles. The number of ether oxygens (including phenoxy) is 1. The summed E-state index contributed by atoms with van der Waals surface area (Å²) in [6, 6.07) is 0. The topological polar surface area (TPSA) is 49.8 Å². The molecule has 0 aromatic heterocycles. The molecule has 4 heteroatoms. The van der Waals surface area contributed by atoms with Crippen molar-refractivity contribution >= 4 is 5.97 Å². The number of esters is 1. The molecule has 0 unspecified atom stereocenters. The maximum absolute atomic E-state index is 11.9. The summed E-state index contributed by atoms with van der Waals surface area (Å²) in [5.41, 5.74) is 0. The molecule has 0 bridgehead atoms. The number of allylic oxidation sites excluding steroid dienone is 2. The summed E-state index contributed by atoms with van der Waals surface area (Å²) in [6.45, 7) is 4.36. The van der Waals surface area contributed by atoms with Gasteiger partial charge in [0, 0.05) is 18.8 Å². The fraction of sp³-hybridized carbons (Fsp3) is 0.850. The Hall–Kier alpha value is -0.870. The van der Waals surface area contributed by atoms with Gasteiger partial charge < -0.3 is 14.7 Å². The highest BCUT2D eigenvalue weighted by atomic mass is 16.5. The first-order valence-corrected chi connectivity index (χ1v) is 9.83. The molecule has 0 spiro atoms. The van der Waals surface area contributed by atoms with E-state index in [2.05, 4.69) is 31.0 Å². The number of unbranched alkanes of at least 4 members (excludes halogenated alkanes) is 2. The van der Waals surface area contributed by atoms with Gasteiger partial charge in [-0.3, -0.25) is 4.79 Å². The number of hydrogen-bond acceptors (Lipinski definition) is 4. The average molecular weight is 338 g/mol. The Morgan fingerprint density at radius 2 is 2.12 bits per heavy atom. The van der Waals surface area contributed by atoms with Crippen molar-refractivity contribution in [2.45, 2.75) is 76.9 Å². The van der Waals surface area contributed by atoms with E-state index in [1.54, 1.807) is 0 Å². The van der Waals surface area contributed by atoms with Gasteiger partial charge in [0.2, 0.25) is 0 Å². The number of fused-ring (bicyclic) bond motifs is 1. The maximum atomic E-state index is 11.9. The number of rotatable bonds is 7. The van der Waals surface area contributed by atoms with Gasteiger partial charge in [-0.25, -0.2) is 0 Å². The molecule has 1 heterocycles. The van der Waals surface area contributed by atoms with Crippen molar-refractivity contribution in [3.05, 3.63) is 12.2 Å². The zero-order valence-corrected chi connectivity index (χ0v) is 15.5. The number of carbonyl (C=O) groups is 1. The van der Waals surface area contributed by atoms with Gasteiger partial charge in [-0.1, -0.05) is 31.9 Å². The van der Waals surface area contributed by atoms with Gasteiger partial charge in [-0.05, 0) is 58.2 Å². The van der Waals surface area contributed by atoms with Crippen LogP contribution in [0.1, 0.15) is 64.7 Å². The van der Waals surface area contributed by atoms with Crippen LogP contribution in [0.2, 0.25) is 0 Å². The highest BCUT2D eigenvalue weighted by molar-refractivity contribution is 5.69. The molecule has 24 heavy (non-hydrogen) atoms. The van der Waals surface area contributed by atoms with Gasteiger partial charge in [-0.15, -0.1) is 0 Å². The van der Waals surface area contributed by atoms with Crippen LogP contribution >= 0.6 is 0 Å². The lowest BCUT2D eigenvalue weighted by atomic mass is 9.87. The molecule has 4 nitrogen and oxygen atoms in total. The van der Waals surface area contributed by atoms with Crippen LogP contribution in [-0.2, 0) is 9.53 Å². The van der Waals surface area contributed by atoms with Crippen LogP contribution in [0.4, 0.5) is 0 Å². The van der Waals surface area contributed by atoms with Crippen LogP contribution < -0.4 is 0 Å². The van der Waals surface area contributed by atoms with E-state index in [9.17, 15) is 9.90 Å². The smallest absolute Gasteiger partial charge is 0.306 e. The molecular formula is C20H35NO3. The molecule has 2 aliphatic rings. The molecule has 1 aliphatic heterocycles. The summed E-state index contributed by atoms with van der Waals surface area (Å²) in [5.74, 6) is 0.410. The number of aliphatic hydroxyl groups excluding tert-OH is 1. The third-order valence-corrected chi connectivity index (χ3v) is 5.59. The predicted molar refractivity (Wildman–Crippen MR) is 96.7 cm³/mol. The number of aliphatic hydroxyl groups is 1. The molecule has 0 aromatic rings. The van der Waals surface area contributed by atoms with Gasteiger partial charge in [-0.2, -0.15) is 0 Å². The molecule has 0 aromatic carbocycles. The van der Waals surface area contributed by atoms with E-state index in [0.29, 0.717) is 12.8 Å². The van der Waals surface area contributed by atoms with Crippen molar-refractivity contribution in [3.8, 4) is 0 Å². The Kier molecular flexibility index (Phi) is 8.26. The summed E-state index contributed by atoms with van der Waals surface area (Å²) in [4.78, 5) is 14.3. The lowest BCUT2D eigenvalue weighted by Gasteiger charge is -2.27. The van der Waals surface area contributed by atoms with Crippen LogP contribution in [0.5, 0.6) is 0 Å². The Bertz CT molecular complexity index is 410. The minimum atomic E-state index is -0.342. The van der Waals surface area contributed by atoms with Crippen molar-refractivity contribution in [1.29, 1.82) is 0 Å². The molecule has 0 radical (unpaired) electrons. The zero-order chi connectivity index (χ0) is 17.4. The van der Waals surface area contributed by atoms with Crippen molar-refractivity contribution in [2.24, 2.45) is 11.8 Å². The standard InChI is InChI=1S/C20H35NO3/c1-3-4-9-13-21(2)14-12-16-17-10-7-5-6-8-11-20(23)24-19(17)15-18(16)22/h5,7,16-19,22H,3-4,6,8-15H2,1-2H3/b7-5-/t16-,17-,18-,19+/m1/s1. The Morgan fingerprint density at radius 1 is 1.29 bits per heavy atom. The fourth-order valence-electron chi connectivity index (χ4n) is 4.09. The zero-order valence-electron chi connectivity index (χ0n) is 15.5. The van der Waals surface area contributed by atoms with E-state index < -0.39 is 0 Å². The van der Waals surface area contributed by atoms with Crippen LogP contribution in [0.15, 0.2) is 12.2 Å². The van der Waals surface area contributed by atoms with E-state index in [4.69, 9.17) is 4.74 Å². The van der Waals surface area contributed by atoms with Crippen LogP contribution in [-0.4, -0.2) is 48.3 Å². The van der Waals surface area contributed by atoms with Crippen molar-refractivity contribution < 1.29 is 14.6 Å². The molecule has 1 N–H and O–H groups in total. The Balaban J connectivity index is 1.90. The molecule has 0 amide bonds. The Labute approximate surface area is 147 Å². The molecule has 138 valence electrons. The molecule has 1 saturated carbocycles. The molecular weight excluding hydrogens is 302 g/mol. The van der Waals surface area contributed by atoms with Crippen LogP contribution in [0.3, 0.4) is 0 Å². The summed E-state index contributed by atoms with van der Waals surface area (Å²) >= 11 is 0.